The van der Waals surface area contributed by atoms with Gasteiger partial charge in [-0.05, 0) is 38.2 Å². The Balaban J connectivity index is 2.18. The van der Waals surface area contributed by atoms with Crippen LogP contribution >= 0.6 is 0 Å². The van der Waals surface area contributed by atoms with E-state index in [1.807, 2.05) is 0 Å². The van der Waals surface area contributed by atoms with E-state index < -0.39 is 5.97 Å². The van der Waals surface area contributed by atoms with Crippen molar-refractivity contribution in [2.75, 3.05) is 32.6 Å². The molecule has 0 unspecified atom stereocenters. The average Bonchev–Trinajstić information content (AvgIpc) is 2.70. The molecule has 0 saturated carbocycles. The molecule has 2 N–H and O–H groups in total. The molecule has 8 heteroatoms. The van der Waals surface area contributed by atoms with E-state index in [1.165, 1.54) is 14.2 Å². The number of aliphatic carboxylic acids is 1. The molecule has 1 aromatic rings. The number of unbranched alkanes of at least 4 members (excludes halogenated alkanes) is 1. The first-order valence-corrected chi connectivity index (χ1v) is 9.53. The number of piperidine rings is 1. The predicted octanol–water partition coefficient (Wildman–Crippen LogP) is 2.91. The van der Waals surface area contributed by atoms with E-state index in [-0.39, 0.29) is 24.7 Å². The second-order valence-electron chi connectivity index (χ2n) is 6.75. The Bertz CT molecular complexity index is 713. The zero-order valence-electron chi connectivity index (χ0n) is 16.5. The Morgan fingerprint density at radius 3 is 2.21 bits per heavy atom. The number of ether oxygens (including phenoxy) is 2. The molecule has 28 heavy (non-hydrogen) atoms. The van der Waals surface area contributed by atoms with Crippen LogP contribution in [0, 0.1) is 0 Å². The van der Waals surface area contributed by atoms with Gasteiger partial charge in [-0.1, -0.05) is 0 Å². The van der Waals surface area contributed by atoms with E-state index in [1.54, 1.807) is 17.0 Å². The summed E-state index contributed by atoms with van der Waals surface area (Å²) in [6.45, 7) is 1.38. The topological polar surface area (TPSA) is 105 Å². The highest BCUT2D eigenvalue weighted by Gasteiger charge is 2.24. The van der Waals surface area contributed by atoms with E-state index in [4.69, 9.17) is 14.6 Å². The van der Waals surface area contributed by atoms with Crippen LogP contribution in [0.1, 0.15) is 55.3 Å². The minimum absolute atomic E-state index is 0.0301. The lowest BCUT2D eigenvalue weighted by Crippen LogP contribution is -2.36. The van der Waals surface area contributed by atoms with Gasteiger partial charge in [0.1, 0.15) is 0 Å². The molecule has 1 aromatic carbocycles. The molecule has 0 atom stereocenters. The first kappa shape index (κ1) is 21.5. The summed E-state index contributed by atoms with van der Waals surface area (Å²) in [6, 6.07) is 3.18. The van der Waals surface area contributed by atoms with Crippen molar-refractivity contribution < 1.29 is 29.0 Å². The number of nitrogens with zero attached hydrogens (tertiary/aromatic N) is 1. The van der Waals surface area contributed by atoms with Gasteiger partial charge < -0.3 is 24.8 Å². The molecule has 0 aromatic heterocycles. The smallest absolute Gasteiger partial charge is 0.303 e. The number of amides is 2. The monoisotopic (exact) mass is 392 g/mol. The molecule has 1 heterocycles. The largest absolute Gasteiger partial charge is 0.493 e. The summed E-state index contributed by atoms with van der Waals surface area (Å²) < 4.78 is 10.6. The fourth-order valence-corrected chi connectivity index (χ4v) is 3.20. The number of hydrogen-bond acceptors (Lipinski definition) is 5. The number of nitrogens with one attached hydrogen (secondary N) is 1. The van der Waals surface area contributed by atoms with Crippen LogP contribution in [0.5, 0.6) is 11.5 Å². The van der Waals surface area contributed by atoms with Crippen molar-refractivity contribution >= 4 is 23.5 Å². The Hall–Kier alpha value is -2.77. The number of hydrogen-bond donors (Lipinski definition) is 2. The number of likely N-dealkylation sites (tertiary alicyclic amines) is 1. The Labute approximate surface area is 164 Å². The highest BCUT2D eigenvalue weighted by molar-refractivity contribution is 6.04. The number of carboxylic acids is 1. The molecule has 1 fully saturated rings. The maximum Gasteiger partial charge on any atom is 0.303 e. The van der Waals surface area contributed by atoms with Crippen molar-refractivity contribution in [1.82, 2.24) is 4.90 Å². The number of benzene rings is 1. The van der Waals surface area contributed by atoms with Gasteiger partial charge >= 0.3 is 5.97 Å². The quantitative estimate of drug-likeness (QED) is 0.626. The van der Waals surface area contributed by atoms with Crippen LogP contribution in [-0.4, -0.2) is 55.1 Å². The van der Waals surface area contributed by atoms with Crippen LogP contribution in [0.2, 0.25) is 0 Å². The molecular formula is C20H28N2O6. The Kier molecular flexibility index (Phi) is 8.10. The number of rotatable bonds is 9. The Morgan fingerprint density at radius 1 is 1.00 bits per heavy atom. The summed E-state index contributed by atoms with van der Waals surface area (Å²) in [4.78, 5) is 37.7. The molecular weight excluding hydrogens is 364 g/mol. The van der Waals surface area contributed by atoms with Gasteiger partial charge in [0.25, 0.3) is 5.91 Å². The minimum Gasteiger partial charge on any atom is -0.493 e. The minimum atomic E-state index is -0.880. The third-order valence-corrected chi connectivity index (χ3v) is 4.72. The van der Waals surface area contributed by atoms with Crippen LogP contribution < -0.4 is 14.8 Å². The van der Waals surface area contributed by atoms with E-state index in [9.17, 15) is 14.4 Å². The lowest BCUT2D eigenvalue weighted by molar-refractivity contribution is -0.137. The highest BCUT2D eigenvalue weighted by Crippen LogP contribution is 2.34. The predicted molar refractivity (Wildman–Crippen MR) is 104 cm³/mol. The second kappa shape index (κ2) is 10.5. The summed E-state index contributed by atoms with van der Waals surface area (Å²) in [6.07, 6.45) is 4.13. The number of carboxylic acid groups (broad SMARTS) is 1. The molecule has 0 spiro atoms. The molecule has 2 rings (SSSR count). The maximum atomic E-state index is 13.0. The molecule has 154 valence electrons. The fraction of sp³-hybridized carbons (Fsp3) is 0.550. The molecule has 0 radical (unpaired) electrons. The summed E-state index contributed by atoms with van der Waals surface area (Å²) in [5, 5.41) is 11.4. The molecule has 1 aliphatic heterocycles. The molecule has 1 aliphatic rings. The third-order valence-electron chi connectivity index (χ3n) is 4.72. The van der Waals surface area contributed by atoms with Crippen molar-refractivity contribution in [3.8, 4) is 11.5 Å². The average molecular weight is 392 g/mol. The standard InChI is InChI=1S/C20H28N2O6/c1-27-16-12-14(20(26)22-10-6-3-7-11-22)15(13-17(16)28-2)21-18(23)8-4-5-9-19(24)25/h12-13H,3-11H2,1-2H3,(H,21,23)(H,24,25). The van der Waals surface area contributed by atoms with E-state index in [2.05, 4.69) is 5.32 Å². The van der Waals surface area contributed by atoms with Crippen LogP contribution in [0.15, 0.2) is 12.1 Å². The van der Waals surface area contributed by atoms with Gasteiger partial charge in [-0.3, -0.25) is 14.4 Å². The lowest BCUT2D eigenvalue weighted by Gasteiger charge is -2.28. The van der Waals surface area contributed by atoms with Crippen molar-refractivity contribution in [1.29, 1.82) is 0 Å². The summed E-state index contributed by atoms with van der Waals surface area (Å²) in [5.74, 6) is -0.469. The zero-order chi connectivity index (χ0) is 20.5. The summed E-state index contributed by atoms with van der Waals surface area (Å²) >= 11 is 0. The van der Waals surface area contributed by atoms with Gasteiger partial charge in [-0.15, -0.1) is 0 Å². The lowest BCUT2D eigenvalue weighted by atomic mass is 10.1. The first-order chi connectivity index (χ1) is 13.5. The fourth-order valence-electron chi connectivity index (χ4n) is 3.20. The van der Waals surface area contributed by atoms with Crippen molar-refractivity contribution in [2.45, 2.75) is 44.9 Å². The van der Waals surface area contributed by atoms with Gasteiger partial charge in [0, 0.05) is 32.0 Å². The summed E-state index contributed by atoms with van der Waals surface area (Å²) in [5.41, 5.74) is 0.731. The number of carbonyl (C=O) groups excluding carboxylic acids is 2. The van der Waals surface area contributed by atoms with E-state index in [0.717, 1.165) is 19.3 Å². The molecule has 1 saturated heterocycles. The van der Waals surface area contributed by atoms with Crippen molar-refractivity contribution in [2.24, 2.45) is 0 Å². The van der Waals surface area contributed by atoms with Crippen LogP contribution in [0.3, 0.4) is 0 Å². The number of methoxy groups -OCH3 is 2. The van der Waals surface area contributed by atoms with Gasteiger partial charge in [0.2, 0.25) is 5.91 Å². The normalized spacial score (nSPS) is 13.7. The van der Waals surface area contributed by atoms with Gasteiger partial charge in [0.15, 0.2) is 11.5 Å². The van der Waals surface area contributed by atoms with E-state index >= 15 is 0 Å². The van der Waals surface area contributed by atoms with Crippen LogP contribution in [0.25, 0.3) is 0 Å². The molecule has 2 amide bonds. The van der Waals surface area contributed by atoms with Gasteiger partial charge in [0.05, 0.1) is 25.5 Å². The third kappa shape index (κ3) is 5.87. The molecule has 0 bridgehead atoms. The Morgan fingerprint density at radius 2 is 1.61 bits per heavy atom. The maximum absolute atomic E-state index is 13.0. The van der Waals surface area contributed by atoms with E-state index in [0.29, 0.717) is 48.7 Å². The highest BCUT2D eigenvalue weighted by atomic mass is 16.5. The van der Waals surface area contributed by atoms with Crippen molar-refractivity contribution in [3.63, 3.8) is 0 Å². The van der Waals surface area contributed by atoms with Gasteiger partial charge in [-0.25, -0.2) is 0 Å². The van der Waals surface area contributed by atoms with Crippen LogP contribution in [0.4, 0.5) is 5.69 Å². The second-order valence-corrected chi connectivity index (χ2v) is 6.75. The molecule has 8 nitrogen and oxygen atoms in total. The first-order valence-electron chi connectivity index (χ1n) is 9.53. The summed E-state index contributed by atoms with van der Waals surface area (Å²) in [7, 11) is 2.98. The van der Waals surface area contributed by atoms with Crippen LogP contribution in [-0.2, 0) is 9.59 Å². The number of carbonyl (C=O) groups is 3. The van der Waals surface area contributed by atoms with Crippen molar-refractivity contribution in [3.05, 3.63) is 17.7 Å². The zero-order valence-corrected chi connectivity index (χ0v) is 16.5. The number of anilines is 1. The SMILES string of the molecule is COc1cc(NC(=O)CCCCC(=O)O)c(C(=O)N2CCCCC2)cc1OC. The molecule has 0 aliphatic carbocycles. The van der Waals surface area contributed by atoms with Gasteiger partial charge in [-0.2, -0.15) is 0 Å².